The van der Waals surface area contributed by atoms with E-state index in [1.165, 1.54) is 6.42 Å². The van der Waals surface area contributed by atoms with Crippen molar-refractivity contribution < 1.29 is 28.7 Å². The molecule has 0 rings (SSSR count). The summed E-state index contributed by atoms with van der Waals surface area (Å²) in [5.74, 6) is -0.00813. The van der Waals surface area contributed by atoms with E-state index in [0.29, 0.717) is 44.7 Å². The minimum Gasteiger partial charge on any atom is -0.350 e. The highest BCUT2D eigenvalue weighted by Crippen LogP contribution is 2.29. The third-order valence-electron chi connectivity index (χ3n) is 6.46. The van der Waals surface area contributed by atoms with Gasteiger partial charge in [0.15, 0.2) is 6.29 Å². The molecule has 0 aliphatic heterocycles. The van der Waals surface area contributed by atoms with Gasteiger partial charge in [0.05, 0.1) is 25.9 Å². The van der Waals surface area contributed by atoms with Gasteiger partial charge in [-0.3, -0.25) is 0 Å². The summed E-state index contributed by atoms with van der Waals surface area (Å²) in [6, 6.07) is 0. The van der Waals surface area contributed by atoms with Gasteiger partial charge in [-0.25, -0.2) is 9.78 Å². The van der Waals surface area contributed by atoms with Gasteiger partial charge in [-0.1, -0.05) is 88.5 Å². The van der Waals surface area contributed by atoms with Crippen LogP contribution in [0.4, 0.5) is 0 Å². The third-order valence-corrected chi connectivity index (χ3v) is 6.46. The van der Waals surface area contributed by atoms with E-state index in [1.807, 2.05) is 0 Å². The number of hydrogen-bond donors (Lipinski definition) is 0. The molecule has 0 amide bonds. The molecule has 6 heteroatoms. The molecule has 0 fully saturated rings. The van der Waals surface area contributed by atoms with Crippen LogP contribution in [0.1, 0.15) is 140 Å². The quantitative estimate of drug-likeness (QED) is 0.0506. The second-order valence-corrected chi connectivity index (χ2v) is 12.3. The van der Waals surface area contributed by atoms with E-state index >= 15 is 0 Å². The maximum Gasteiger partial charge on any atom is 0.282 e. The average Bonchev–Trinajstić information content (AvgIpc) is 2.85. The summed E-state index contributed by atoms with van der Waals surface area (Å²) in [4.78, 5) is 11.4. The molecule has 0 N–H and O–H groups in total. The Bertz CT molecular complexity index is 502. The number of unbranched alkanes of at least 4 members (excludes halogenated alkanes) is 3. The van der Waals surface area contributed by atoms with Crippen LogP contribution in [-0.2, 0) is 28.7 Å². The molecule has 0 bridgehead atoms. The Morgan fingerprint density at radius 1 is 0.676 bits per heavy atom. The van der Waals surface area contributed by atoms with E-state index in [2.05, 4.69) is 69.2 Å². The van der Waals surface area contributed by atoms with Gasteiger partial charge in [0, 0.05) is 19.4 Å². The minimum absolute atomic E-state index is 0.0179. The molecule has 0 aliphatic carbocycles. The lowest BCUT2D eigenvalue weighted by molar-refractivity contribution is -0.401. The van der Waals surface area contributed by atoms with Crippen molar-refractivity contribution in [3.63, 3.8) is 0 Å². The summed E-state index contributed by atoms with van der Waals surface area (Å²) in [6.45, 7) is 24.3. The molecule has 0 spiro atoms. The topological polar surface area (TPSA) is 55.4 Å². The second-order valence-electron chi connectivity index (χ2n) is 12.3. The third kappa shape index (κ3) is 20.3. The van der Waals surface area contributed by atoms with Crippen molar-refractivity contribution in [3.05, 3.63) is 0 Å². The lowest BCUT2D eigenvalue weighted by Gasteiger charge is -2.36. The molecule has 3 atom stereocenters. The van der Waals surface area contributed by atoms with Crippen LogP contribution in [0.3, 0.4) is 0 Å². The standard InChI is InChI=1S/C31H64O6/c1-11-15-18-22-32-29(37-36-28(13-3)14-4)19-16-17-21-31(33-23-20-26(5)6,34-24-27(7)12-2)35-25-30(8,9)10/h26-29H,11-25H2,1-10H3. The fourth-order valence-electron chi connectivity index (χ4n) is 3.45. The molecule has 0 aromatic carbocycles. The van der Waals surface area contributed by atoms with E-state index in [4.69, 9.17) is 28.7 Å². The van der Waals surface area contributed by atoms with Crippen LogP contribution in [0.2, 0.25) is 0 Å². The van der Waals surface area contributed by atoms with E-state index < -0.39 is 5.97 Å². The molecule has 37 heavy (non-hydrogen) atoms. The zero-order valence-electron chi connectivity index (χ0n) is 26.4. The van der Waals surface area contributed by atoms with Gasteiger partial charge in [0.1, 0.15) is 0 Å². The number of rotatable bonds is 25. The molecule has 0 saturated heterocycles. The number of hydrogen-bond acceptors (Lipinski definition) is 6. The van der Waals surface area contributed by atoms with Crippen molar-refractivity contribution in [2.75, 3.05) is 26.4 Å². The molecular weight excluding hydrogens is 468 g/mol. The van der Waals surface area contributed by atoms with Gasteiger partial charge in [0.2, 0.25) is 0 Å². The van der Waals surface area contributed by atoms with E-state index in [9.17, 15) is 0 Å². The first-order valence-electron chi connectivity index (χ1n) is 15.4. The summed E-state index contributed by atoms with van der Waals surface area (Å²) in [5, 5.41) is 0. The first-order valence-corrected chi connectivity index (χ1v) is 15.4. The van der Waals surface area contributed by atoms with Gasteiger partial charge in [-0.15, -0.1) is 0 Å². The largest absolute Gasteiger partial charge is 0.350 e. The zero-order chi connectivity index (χ0) is 28.2. The summed E-state index contributed by atoms with van der Waals surface area (Å²) >= 11 is 0. The van der Waals surface area contributed by atoms with Gasteiger partial charge >= 0.3 is 0 Å². The van der Waals surface area contributed by atoms with Crippen LogP contribution in [0.25, 0.3) is 0 Å². The maximum atomic E-state index is 6.45. The lowest BCUT2D eigenvalue weighted by Crippen LogP contribution is -2.43. The van der Waals surface area contributed by atoms with Crippen molar-refractivity contribution in [1.82, 2.24) is 0 Å². The molecule has 0 aromatic heterocycles. The molecular formula is C31H64O6. The number of ether oxygens (including phenoxy) is 4. The molecule has 0 radical (unpaired) electrons. The monoisotopic (exact) mass is 532 g/mol. The van der Waals surface area contributed by atoms with E-state index in [0.717, 1.165) is 57.8 Å². The summed E-state index contributed by atoms with van der Waals surface area (Å²) < 4.78 is 25.3. The van der Waals surface area contributed by atoms with Crippen molar-refractivity contribution >= 4 is 0 Å². The van der Waals surface area contributed by atoms with Crippen molar-refractivity contribution in [2.24, 2.45) is 17.3 Å². The van der Waals surface area contributed by atoms with Gasteiger partial charge in [-0.2, -0.15) is 0 Å². The van der Waals surface area contributed by atoms with Crippen molar-refractivity contribution in [1.29, 1.82) is 0 Å². The fourth-order valence-corrected chi connectivity index (χ4v) is 3.45. The Labute approximate surface area is 230 Å². The Morgan fingerprint density at radius 3 is 1.95 bits per heavy atom. The Kier molecular flexibility index (Phi) is 21.4. The Morgan fingerprint density at radius 2 is 1.38 bits per heavy atom. The highest BCUT2D eigenvalue weighted by Gasteiger charge is 2.35. The van der Waals surface area contributed by atoms with Crippen LogP contribution in [0, 0.1) is 17.3 Å². The van der Waals surface area contributed by atoms with E-state index in [-0.39, 0.29) is 17.8 Å². The van der Waals surface area contributed by atoms with Crippen LogP contribution in [-0.4, -0.2) is 44.8 Å². The van der Waals surface area contributed by atoms with Crippen LogP contribution in [0.5, 0.6) is 0 Å². The lowest BCUT2D eigenvalue weighted by atomic mass is 9.98. The summed E-state index contributed by atoms with van der Waals surface area (Å²) in [7, 11) is 0. The van der Waals surface area contributed by atoms with Crippen molar-refractivity contribution in [2.45, 2.75) is 158 Å². The molecule has 0 heterocycles. The molecule has 6 nitrogen and oxygen atoms in total. The van der Waals surface area contributed by atoms with Gasteiger partial charge in [0.25, 0.3) is 5.97 Å². The first kappa shape index (κ1) is 36.8. The zero-order valence-corrected chi connectivity index (χ0v) is 26.4. The van der Waals surface area contributed by atoms with Gasteiger partial charge < -0.3 is 18.9 Å². The van der Waals surface area contributed by atoms with Gasteiger partial charge in [-0.05, 0) is 55.8 Å². The average molecular weight is 533 g/mol. The van der Waals surface area contributed by atoms with E-state index in [1.54, 1.807) is 0 Å². The highest BCUT2D eigenvalue weighted by atomic mass is 17.2. The minimum atomic E-state index is -1.02. The molecule has 224 valence electrons. The maximum absolute atomic E-state index is 6.45. The fraction of sp³-hybridized carbons (Fsp3) is 1.00. The predicted molar refractivity (Wildman–Crippen MR) is 153 cm³/mol. The van der Waals surface area contributed by atoms with Crippen LogP contribution in [0.15, 0.2) is 0 Å². The SMILES string of the molecule is CCCCCOC(CCCCC(OCCC(C)C)(OCC(C)CC)OCC(C)(C)C)OOC(CC)CC. The molecule has 0 aromatic rings. The smallest absolute Gasteiger partial charge is 0.282 e. The summed E-state index contributed by atoms with van der Waals surface area (Å²) in [6.07, 6.45) is 10.2. The second kappa shape index (κ2) is 21.6. The Hall–Kier alpha value is -0.240. The Balaban J connectivity index is 5.22. The van der Waals surface area contributed by atoms with Crippen molar-refractivity contribution in [3.8, 4) is 0 Å². The molecule has 0 aliphatic rings. The first-order chi connectivity index (χ1) is 17.5. The van der Waals surface area contributed by atoms with Crippen LogP contribution < -0.4 is 0 Å². The molecule has 3 unspecified atom stereocenters. The normalized spacial score (nSPS) is 15.9. The molecule has 0 saturated carbocycles. The highest BCUT2D eigenvalue weighted by molar-refractivity contribution is 4.67. The predicted octanol–water partition coefficient (Wildman–Crippen LogP) is 9.06. The van der Waals surface area contributed by atoms with Crippen LogP contribution >= 0.6 is 0 Å². The summed E-state index contributed by atoms with van der Waals surface area (Å²) in [5.41, 5.74) is 0.0179.